The summed E-state index contributed by atoms with van der Waals surface area (Å²) in [6, 6.07) is 10.5. The molecule has 0 bridgehead atoms. The zero-order valence-corrected chi connectivity index (χ0v) is 14.3. The lowest BCUT2D eigenvalue weighted by molar-refractivity contribution is -0.137. The van der Waals surface area contributed by atoms with Crippen LogP contribution in [0, 0.1) is 0 Å². The van der Waals surface area contributed by atoms with Crippen LogP contribution in [0.4, 0.5) is 18.9 Å². The van der Waals surface area contributed by atoms with Crippen LogP contribution >= 0.6 is 0 Å². The molecule has 0 spiro atoms. The summed E-state index contributed by atoms with van der Waals surface area (Å²) in [5, 5.41) is 5.90. The highest BCUT2D eigenvalue weighted by Crippen LogP contribution is 2.30. The molecule has 140 valence electrons. The van der Waals surface area contributed by atoms with Crippen LogP contribution in [0.25, 0.3) is 6.08 Å². The van der Waals surface area contributed by atoms with Gasteiger partial charge in [-0.1, -0.05) is 12.1 Å². The molecule has 2 aromatic carbocycles. The second-order valence-electron chi connectivity index (χ2n) is 5.69. The highest BCUT2D eigenvalue weighted by atomic mass is 19.4. The van der Waals surface area contributed by atoms with Gasteiger partial charge in [-0.15, -0.1) is 0 Å². The number of rotatable bonds is 4. The maximum atomic E-state index is 12.7. The molecule has 0 fully saturated rings. The van der Waals surface area contributed by atoms with E-state index < -0.39 is 11.7 Å². The Hall–Kier alpha value is -3.29. The third kappa shape index (κ3) is 4.87. The number of fused-ring (bicyclic) bond motifs is 1. The summed E-state index contributed by atoms with van der Waals surface area (Å²) in [4.78, 5) is 7.79. The van der Waals surface area contributed by atoms with Crippen LogP contribution in [0.1, 0.15) is 16.7 Å². The lowest BCUT2D eigenvalue weighted by Gasteiger charge is -2.13. The van der Waals surface area contributed by atoms with E-state index in [1.807, 2.05) is 24.4 Å². The van der Waals surface area contributed by atoms with Gasteiger partial charge in [0, 0.05) is 12.2 Å². The van der Waals surface area contributed by atoms with Crippen molar-refractivity contribution in [2.45, 2.75) is 12.7 Å². The number of anilines is 1. The van der Waals surface area contributed by atoms with Crippen molar-refractivity contribution in [1.82, 2.24) is 5.32 Å². The van der Waals surface area contributed by atoms with Crippen molar-refractivity contribution >= 4 is 24.5 Å². The average Bonchev–Trinajstić information content (AvgIpc) is 2.66. The van der Waals surface area contributed by atoms with Crippen molar-refractivity contribution in [3.8, 4) is 5.75 Å². The van der Waals surface area contributed by atoms with Crippen molar-refractivity contribution in [2.24, 2.45) is 9.98 Å². The molecule has 0 aliphatic carbocycles. The van der Waals surface area contributed by atoms with Crippen LogP contribution in [0.3, 0.4) is 0 Å². The minimum Gasteiger partial charge on any atom is -0.425 e. The fourth-order valence-corrected chi connectivity index (χ4v) is 2.49. The Kier molecular flexibility index (Phi) is 5.44. The molecule has 0 aromatic heterocycles. The topological polar surface area (TPSA) is 58.0 Å². The van der Waals surface area contributed by atoms with Crippen LogP contribution in [-0.4, -0.2) is 19.4 Å². The van der Waals surface area contributed by atoms with Crippen molar-refractivity contribution < 1.29 is 17.9 Å². The van der Waals surface area contributed by atoms with Crippen LogP contribution in [0.2, 0.25) is 0 Å². The molecule has 2 N–H and O–H groups in total. The fraction of sp³-hybridized carbons (Fsp3) is 0.158. The molecular weight excluding hydrogens is 357 g/mol. The Balaban J connectivity index is 1.64. The van der Waals surface area contributed by atoms with Gasteiger partial charge in [0.2, 0.25) is 0 Å². The number of benzene rings is 2. The third-order valence-corrected chi connectivity index (χ3v) is 3.82. The number of alkyl halides is 3. The molecule has 1 heterocycles. The molecule has 5 nitrogen and oxygen atoms in total. The predicted octanol–water partition coefficient (Wildman–Crippen LogP) is 4.28. The SMILES string of the molecule is C=N/C(=N\CNc1cccc(C(F)(F)F)c1)Oc1ccc2c(c1)C=CNC2. The fourth-order valence-electron chi connectivity index (χ4n) is 2.49. The minimum absolute atomic E-state index is 0.00950. The number of aliphatic imine (C=N–C) groups is 2. The van der Waals surface area contributed by atoms with Crippen LogP contribution in [-0.2, 0) is 12.7 Å². The molecular formula is C19H17F3N4O. The van der Waals surface area contributed by atoms with Gasteiger partial charge in [0.25, 0.3) is 0 Å². The first-order valence-corrected chi connectivity index (χ1v) is 8.09. The van der Waals surface area contributed by atoms with Gasteiger partial charge in [0.05, 0.1) is 5.56 Å². The highest BCUT2D eigenvalue weighted by molar-refractivity contribution is 5.81. The predicted molar refractivity (Wildman–Crippen MR) is 99.9 cm³/mol. The molecule has 8 heteroatoms. The van der Waals surface area contributed by atoms with Gasteiger partial charge in [-0.25, -0.2) is 9.98 Å². The molecule has 0 saturated carbocycles. The summed E-state index contributed by atoms with van der Waals surface area (Å²) in [6.07, 6.45) is -0.612. The van der Waals surface area contributed by atoms with Gasteiger partial charge < -0.3 is 15.4 Å². The monoisotopic (exact) mass is 374 g/mol. The zero-order valence-electron chi connectivity index (χ0n) is 14.3. The summed E-state index contributed by atoms with van der Waals surface area (Å²) in [7, 11) is 0. The summed E-state index contributed by atoms with van der Waals surface area (Å²) in [5.74, 6) is 0.547. The summed E-state index contributed by atoms with van der Waals surface area (Å²) < 4.78 is 43.8. The number of amidine groups is 1. The number of nitrogens with one attached hydrogen (secondary N) is 2. The Labute approximate surface area is 154 Å². The Morgan fingerprint density at radius 3 is 2.85 bits per heavy atom. The molecule has 0 radical (unpaired) electrons. The molecule has 1 aliphatic heterocycles. The van der Waals surface area contributed by atoms with Gasteiger partial charge >= 0.3 is 12.2 Å². The number of ether oxygens (including phenoxy) is 1. The first-order chi connectivity index (χ1) is 13.0. The lowest BCUT2D eigenvalue weighted by atomic mass is 10.1. The van der Waals surface area contributed by atoms with E-state index in [-0.39, 0.29) is 12.7 Å². The average molecular weight is 374 g/mol. The molecule has 0 atom stereocenters. The number of halogens is 3. The lowest BCUT2D eigenvalue weighted by Crippen LogP contribution is -2.12. The van der Waals surface area contributed by atoms with Gasteiger partial charge in [0.15, 0.2) is 0 Å². The van der Waals surface area contributed by atoms with E-state index in [1.165, 1.54) is 12.1 Å². The van der Waals surface area contributed by atoms with E-state index in [0.717, 1.165) is 29.8 Å². The number of hydrogen-bond donors (Lipinski definition) is 2. The molecule has 3 rings (SSSR count). The van der Waals surface area contributed by atoms with Crippen LogP contribution in [0.15, 0.2) is 58.6 Å². The van der Waals surface area contributed by atoms with Gasteiger partial charge in [-0.05, 0) is 60.5 Å². The summed E-state index contributed by atoms with van der Waals surface area (Å²) >= 11 is 0. The molecule has 1 aliphatic rings. The van der Waals surface area contributed by atoms with Crippen molar-refractivity contribution in [1.29, 1.82) is 0 Å². The smallest absolute Gasteiger partial charge is 0.416 e. The second-order valence-corrected chi connectivity index (χ2v) is 5.69. The quantitative estimate of drug-likeness (QED) is 0.620. The summed E-state index contributed by atoms with van der Waals surface area (Å²) in [5.41, 5.74) is 1.73. The van der Waals surface area contributed by atoms with E-state index in [9.17, 15) is 13.2 Å². The van der Waals surface area contributed by atoms with Gasteiger partial charge in [0.1, 0.15) is 12.4 Å². The van der Waals surface area contributed by atoms with E-state index in [1.54, 1.807) is 6.07 Å². The zero-order chi connectivity index (χ0) is 19.3. The van der Waals surface area contributed by atoms with Crippen molar-refractivity contribution in [3.05, 3.63) is 65.4 Å². The Morgan fingerprint density at radius 2 is 2.07 bits per heavy atom. The number of hydrogen-bond acceptors (Lipinski definition) is 4. The maximum Gasteiger partial charge on any atom is 0.416 e. The van der Waals surface area contributed by atoms with Gasteiger partial charge in [-0.2, -0.15) is 13.2 Å². The van der Waals surface area contributed by atoms with E-state index in [4.69, 9.17) is 4.74 Å². The molecule has 27 heavy (non-hydrogen) atoms. The van der Waals surface area contributed by atoms with E-state index in [2.05, 4.69) is 27.3 Å². The normalized spacial score (nSPS) is 13.5. The Bertz CT molecular complexity index is 891. The summed E-state index contributed by atoms with van der Waals surface area (Å²) in [6.45, 7) is 4.14. The standard InChI is InChI=1S/C19H17F3N4O/c1-23-18(27-17-6-5-14-11-24-8-7-13(14)9-17)26-12-25-16-4-2-3-15(10-16)19(20,21)22/h2-10,24-25H,1,11-12H2/b26-18+. The third-order valence-electron chi connectivity index (χ3n) is 3.82. The van der Waals surface area contributed by atoms with Crippen molar-refractivity contribution in [2.75, 3.05) is 12.0 Å². The molecule has 0 saturated heterocycles. The Morgan fingerprint density at radius 1 is 1.22 bits per heavy atom. The first kappa shape index (κ1) is 18.5. The second kappa shape index (κ2) is 7.94. The van der Waals surface area contributed by atoms with Crippen molar-refractivity contribution in [3.63, 3.8) is 0 Å². The van der Waals surface area contributed by atoms with E-state index in [0.29, 0.717) is 11.4 Å². The number of nitrogens with zero attached hydrogens (tertiary/aromatic N) is 2. The molecule has 0 unspecified atom stereocenters. The molecule has 2 aromatic rings. The largest absolute Gasteiger partial charge is 0.425 e. The maximum absolute atomic E-state index is 12.7. The van der Waals surface area contributed by atoms with Gasteiger partial charge in [-0.3, -0.25) is 0 Å². The highest BCUT2D eigenvalue weighted by Gasteiger charge is 2.30. The van der Waals surface area contributed by atoms with E-state index >= 15 is 0 Å². The van der Waals surface area contributed by atoms with Crippen LogP contribution in [0.5, 0.6) is 5.75 Å². The van der Waals surface area contributed by atoms with Crippen LogP contribution < -0.4 is 15.4 Å². The first-order valence-electron chi connectivity index (χ1n) is 8.09. The molecule has 0 amide bonds. The minimum atomic E-state index is -4.39.